The van der Waals surface area contributed by atoms with Crippen LogP contribution in [0.15, 0.2) is 25.0 Å². The number of nitrogens with two attached hydrogens (primary N) is 2. The summed E-state index contributed by atoms with van der Waals surface area (Å²) in [6.45, 7) is 3.96. The third-order valence-electron chi connectivity index (χ3n) is 6.30. The van der Waals surface area contributed by atoms with Crippen LogP contribution in [0.25, 0.3) is 0 Å². The zero-order chi connectivity index (χ0) is 28.1. The number of amides is 3. The van der Waals surface area contributed by atoms with E-state index >= 15 is 0 Å². The summed E-state index contributed by atoms with van der Waals surface area (Å²) in [5.41, 5.74) is 12.9. The first-order valence-corrected chi connectivity index (χ1v) is 12.7. The van der Waals surface area contributed by atoms with Gasteiger partial charge in [0, 0.05) is 36.6 Å². The highest BCUT2D eigenvalue weighted by Crippen LogP contribution is 2.10. The molecule has 0 saturated carbocycles. The summed E-state index contributed by atoms with van der Waals surface area (Å²) in [7, 11) is 0. The maximum Gasteiger partial charge on any atom is 0.326 e. The average molecular weight is 534 g/mol. The Morgan fingerprint density at radius 1 is 0.921 bits per heavy atom. The lowest BCUT2D eigenvalue weighted by atomic mass is 9.98. The molecule has 2 heterocycles. The third kappa shape index (κ3) is 9.59. The highest BCUT2D eigenvalue weighted by atomic mass is 16.4. The number of aromatic nitrogens is 4. The fourth-order valence-electron chi connectivity index (χ4n) is 3.80. The lowest BCUT2D eigenvalue weighted by Gasteiger charge is -2.26. The fraction of sp³-hybridized carbons (Fsp3) is 0.583. The zero-order valence-electron chi connectivity index (χ0n) is 21.8. The summed E-state index contributed by atoms with van der Waals surface area (Å²) in [6.07, 6.45) is 8.19. The topological polar surface area (TPSA) is 234 Å². The molecule has 0 bridgehead atoms. The van der Waals surface area contributed by atoms with E-state index < -0.39 is 47.9 Å². The molecule has 3 amide bonds. The molecule has 5 atom stereocenters. The number of aliphatic carboxylic acids is 1. The molecular weight excluding hydrogens is 494 g/mol. The van der Waals surface area contributed by atoms with E-state index in [4.69, 9.17) is 11.5 Å². The summed E-state index contributed by atoms with van der Waals surface area (Å²) in [6, 6.07) is -4.17. The van der Waals surface area contributed by atoms with Gasteiger partial charge >= 0.3 is 5.97 Å². The summed E-state index contributed by atoms with van der Waals surface area (Å²) in [5.74, 6) is -3.30. The second kappa shape index (κ2) is 15.5. The van der Waals surface area contributed by atoms with Crippen LogP contribution in [0.4, 0.5) is 0 Å². The Kier molecular flexibility index (Phi) is 12.4. The van der Waals surface area contributed by atoms with Gasteiger partial charge < -0.3 is 42.5 Å². The predicted octanol–water partition coefficient (Wildman–Crippen LogP) is -1.04. The standard InChI is InChI=1S/C24H39N9O5/c1-3-14(2)20(24(37)38)33-23(36)19(9-16-11-28-13-30-16)32-22(35)18(6-4-5-7-25)31-21(34)17(26)8-15-10-27-12-29-15/h10-14,17-20H,3-9,25-26H2,1-2H3,(H,27,29)(H,28,30)(H,31,34)(H,32,35)(H,33,36)(H,37,38). The lowest BCUT2D eigenvalue weighted by molar-refractivity contribution is -0.143. The van der Waals surface area contributed by atoms with E-state index in [1.54, 1.807) is 13.1 Å². The van der Waals surface area contributed by atoms with Gasteiger partial charge in [-0.3, -0.25) is 14.4 Å². The van der Waals surface area contributed by atoms with Gasteiger partial charge in [0.1, 0.15) is 18.1 Å². The number of aromatic amines is 2. The van der Waals surface area contributed by atoms with E-state index in [-0.39, 0.29) is 25.2 Å². The molecular formula is C24H39N9O5. The SMILES string of the molecule is CCC(C)C(NC(=O)C(Cc1cnc[nH]1)NC(=O)C(CCCCN)NC(=O)C(N)Cc1cnc[nH]1)C(=O)O. The van der Waals surface area contributed by atoms with Crippen LogP contribution in [0.5, 0.6) is 0 Å². The first-order chi connectivity index (χ1) is 18.2. The highest BCUT2D eigenvalue weighted by molar-refractivity contribution is 5.94. The molecule has 2 aromatic rings. The number of unbranched alkanes of at least 4 members (excludes halogenated alkanes) is 1. The minimum absolute atomic E-state index is 0.0349. The molecule has 10 N–H and O–H groups in total. The van der Waals surface area contributed by atoms with Crippen LogP contribution in [-0.4, -0.2) is 79.4 Å². The van der Waals surface area contributed by atoms with E-state index in [1.807, 2.05) is 6.92 Å². The first kappa shape index (κ1) is 30.4. The quantitative estimate of drug-likeness (QED) is 0.116. The molecule has 14 nitrogen and oxygen atoms in total. The molecule has 0 aliphatic heterocycles. The van der Waals surface area contributed by atoms with Crippen LogP contribution in [0, 0.1) is 5.92 Å². The Labute approximate surface area is 221 Å². The Bertz CT molecular complexity index is 1010. The number of carboxylic acid groups (broad SMARTS) is 1. The first-order valence-electron chi connectivity index (χ1n) is 12.7. The number of H-pyrrole nitrogens is 2. The molecule has 0 aromatic carbocycles. The fourth-order valence-corrected chi connectivity index (χ4v) is 3.80. The summed E-state index contributed by atoms with van der Waals surface area (Å²) >= 11 is 0. The number of imidazole rings is 2. The Hall–Kier alpha value is -3.78. The largest absolute Gasteiger partial charge is 0.480 e. The maximum absolute atomic E-state index is 13.3. The van der Waals surface area contributed by atoms with Crippen molar-refractivity contribution in [3.63, 3.8) is 0 Å². The molecule has 0 aliphatic rings. The number of nitrogens with one attached hydrogen (secondary N) is 5. The van der Waals surface area contributed by atoms with Crippen molar-refractivity contribution in [2.24, 2.45) is 17.4 Å². The van der Waals surface area contributed by atoms with Gasteiger partial charge in [0.2, 0.25) is 17.7 Å². The van der Waals surface area contributed by atoms with Crippen molar-refractivity contribution < 1.29 is 24.3 Å². The molecule has 0 saturated heterocycles. The molecule has 2 rings (SSSR count). The van der Waals surface area contributed by atoms with Crippen molar-refractivity contribution in [3.8, 4) is 0 Å². The minimum atomic E-state index is -1.17. The number of hydrogen-bond donors (Lipinski definition) is 8. The highest BCUT2D eigenvalue weighted by Gasteiger charge is 2.32. The summed E-state index contributed by atoms with van der Waals surface area (Å²) < 4.78 is 0. The molecule has 5 unspecified atom stereocenters. The summed E-state index contributed by atoms with van der Waals surface area (Å²) in [5, 5.41) is 17.5. The van der Waals surface area contributed by atoms with Crippen LogP contribution >= 0.6 is 0 Å². The smallest absolute Gasteiger partial charge is 0.326 e. The van der Waals surface area contributed by atoms with Gasteiger partial charge in [0.15, 0.2) is 0 Å². The van der Waals surface area contributed by atoms with Gasteiger partial charge in [0.25, 0.3) is 0 Å². The van der Waals surface area contributed by atoms with Crippen molar-refractivity contribution in [1.29, 1.82) is 0 Å². The second-order valence-corrected chi connectivity index (χ2v) is 9.29. The van der Waals surface area contributed by atoms with Gasteiger partial charge in [-0.1, -0.05) is 20.3 Å². The number of rotatable bonds is 17. The molecule has 0 spiro atoms. The molecule has 210 valence electrons. The van der Waals surface area contributed by atoms with Gasteiger partial charge in [-0.15, -0.1) is 0 Å². The Morgan fingerprint density at radius 3 is 2.03 bits per heavy atom. The van der Waals surface area contributed by atoms with Crippen LogP contribution in [0.3, 0.4) is 0 Å². The molecule has 0 fully saturated rings. The second-order valence-electron chi connectivity index (χ2n) is 9.29. The van der Waals surface area contributed by atoms with Crippen LogP contribution in [-0.2, 0) is 32.0 Å². The molecule has 38 heavy (non-hydrogen) atoms. The number of nitrogens with zero attached hydrogens (tertiary/aromatic N) is 2. The lowest BCUT2D eigenvalue weighted by Crippen LogP contribution is -2.58. The van der Waals surface area contributed by atoms with Crippen molar-refractivity contribution in [3.05, 3.63) is 36.4 Å². The Morgan fingerprint density at radius 2 is 1.50 bits per heavy atom. The Balaban J connectivity index is 2.17. The monoisotopic (exact) mass is 533 g/mol. The van der Waals surface area contributed by atoms with Crippen LogP contribution in [0.2, 0.25) is 0 Å². The van der Waals surface area contributed by atoms with Crippen molar-refractivity contribution in [2.75, 3.05) is 6.54 Å². The van der Waals surface area contributed by atoms with Gasteiger partial charge in [-0.25, -0.2) is 14.8 Å². The average Bonchev–Trinajstić information content (AvgIpc) is 3.60. The van der Waals surface area contributed by atoms with E-state index in [1.165, 1.54) is 18.9 Å². The van der Waals surface area contributed by atoms with E-state index in [2.05, 4.69) is 35.9 Å². The van der Waals surface area contributed by atoms with Crippen molar-refractivity contribution >= 4 is 23.7 Å². The minimum Gasteiger partial charge on any atom is -0.480 e. The van der Waals surface area contributed by atoms with E-state index in [0.717, 1.165) is 0 Å². The molecule has 0 aliphatic carbocycles. The third-order valence-corrected chi connectivity index (χ3v) is 6.30. The predicted molar refractivity (Wildman–Crippen MR) is 138 cm³/mol. The molecule has 0 radical (unpaired) electrons. The van der Waals surface area contributed by atoms with E-state index in [9.17, 15) is 24.3 Å². The van der Waals surface area contributed by atoms with Crippen molar-refractivity contribution in [2.45, 2.75) is 76.5 Å². The van der Waals surface area contributed by atoms with Gasteiger partial charge in [0.05, 0.1) is 18.7 Å². The number of carboxylic acids is 1. The number of carbonyl (C=O) groups excluding carboxylic acids is 3. The summed E-state index contributed by atoms with van der Waals surface area (Å²) in [4.78, 5) is 64.6. The van der Waals surface area contributed by atoms with Gasteiger partial charge in [-0.2, -0.15) is 0 Å². The number of hydrogen-bond acceptors (Lipinski definition) is 8. The zero-order valence-corrected chi connectivity index (χ0v) is 21.8. The molecule has 14 heteroatoms. The van der Waals surface area contributed by atoms with E-state index in [0.29, 0.717) is 37.2 Å². The van der Waals surface area contributed by atoms with Crippen LogP contribution in [0.1, 0.15) is 50.9 Å². The van der Waals surface area contributed by atoms with Gasteiger partial charge in [-0.05, 0) is 31.7 Å². The number of carbonyl (C=O) groups is 4. The molecule has 2 aromatic heterocycles. The van der Waals surface area contributed by atoms with Crippen LogP contribution < -0.4 is 27.4 Å². The maximum atomic E-state index is 13.3. The van der Waals surface area contributed by atoms with Crippen molar-refractivity contribution in [1.82, 2.24) is 35.9 Å². The normalized spacial score (nSPS) is 15.1.